The van der Waals surface area contributed by atoms with Gasteiger partial charge in [-0.05, 0) is 25.6 Å². The molecule has 0 bridgehead atoms. The van der Waals surface area contributed by atoms with Crippen LogP contribution in [0.25, 0.3) is 0 Å². The van der Waals surface area contributed by atoms with E-state index in [0.29, 0.717) is 11.3 Å². The van der Waals surface area contributed by atoms with Gasteiger partial charge in [0.25, 0.3) is 0 Å². The topological polar surface area (TPSA) is 43.4 Å². The molecule has 1 aromatic rings. The molecule has 3 rings (SSSR count). The Morgan fingerprint density at radius 2 is 2.05 bits per heavy atom. The zero-order chi connectivity index (χ0) is 13.1. The zero-order valence-electron chi connectivity index (χ0n) is 11.2. The van der Waals surface area contributed by atoms with Gasteiger partial charge in [-0.15, -0.1) is 11.8 Å². The first-order valence-electron chi connectivity index (χ1n) is 6.83. The number of thioether (sulfide) groups is 1. The maximum Gasteiger partial charge on any atom is 0.169 e. The minimum absolute atomic E-state index is 0.321. The molecule has 2 aliphatic rings. The lowest BCUT2D eigenvalue weighted by atomic mass is 9.89. The van der Waals surface area contributed by atoms with Crippen molar-refractivity contribution in [3.8, 4) is 0 Å². The Kier molecular flexibility index (Phi) is 4.07. The first-order valence-corrected chi connectivity index (χ1v) is 7.71. The second-order valence-corrected chi connectivity index (χ2v) is 6.40. The number of nitrogens with one attached hydrogen (secondary N) is 1. The fourth-order valence-corrected chi connectivity index (χ4v) is 4.32. The Morgan fingerprint density at radius 1 is 1.32 bits per heavy atom. The highest BCUT2D eigenvalue weighted by Crippen LogP contribution is 2.42. The van der Waals surface area contributed by atoms with Gasteiger partial charge in [0.05, 0.1) is 13.2 Å². The maximum absolute atomic E-state index is 5.87. The van der Waals surface area contributed by atoms with Gasteiger partial charge in [-0.2, -0.15) is 0 Å². The van der Waals surface area contributed by atoms with Gasteiger partial charge in [0.2, 0.25) is 0 Å². The Hall–Kier alpha value is -0.620. The lowest BCUT2D eigenvalue weighted by Crippen LogP contribution is -2.48. The van der Waals surface area contributed by atoms with Crippen LogP contribution in [0.1, 0.15) is 19.3 Å². The molecule has 0 aromatic carbocycles. The Bertz CT molecular complexity index is 409. The fourth-order valence-electron chi connectivity index (χ4n) is 2.92. The van der Waals surface area contributed by atoms with E-state index < -0.39 is 0 Å². The molecule has 2 unspecified atom stereocenters. The summed E-state index contributed by atoms with van der Waals surface area (Å²) >= 11 is 1.90. The molecule has 5 heteroatoms. The molecule has 1 aromatic heterocycles. The van der Waals surface area contributed by atoms with Crippen LogP contribution >= 0.6 is 11.8 Å². The number of ether oxygens (including phenoxy) is 2. The molecule has 2 heterocycles. The molecule has 0 amide bonds. The van der Waals surface area contributed by atoms with Gasteiger partial charge in [-0.3, -0.25) is 4.98 Å². The normalized spacial score (nSPS) is 29.7. The number of hydrogen-bond acceptors (Lipinski definition) is 5. The second-order valence-electron chi connectivity index (χ2n) is 5.08. The van der Waals surface area contributed by atoms with E-state index in [-0.39, 0.29) is 5.79 Å². The van der Waals surface area contributed by atoms with Crippen molar-refractivity contribution in [3.05, 3.63) is 24.5 Å². The molecule has 1 aliphatic carbocycles. The van der Waals surface area contributed by atoms with Gasteiger partial charge in [0, 0.05) is 41.4 Å². The number of pyridine rings is 1. The zero-order valence-corrected chi connectivity index (χ0v) is 12.0. The summed E-state index contributed by atoms with van der Waals surface area (Å²) in [7, 11) is 2.04. The van der Waals surface area contributed by atoms with Crippen molar-refractivity contribution >= 4 is 11.8 Å². The van der Waals surface area contributed by atoms with Gasteiger partial charge in [-0.25, -0.2) is 0 Å². The minimum Gasteiger partial charge on any atom is -0.347 e. The van der Waals surface area contributed by atoms with Crippen molar-refractivity contribution in [2.45, 2.75) is 41.2 Å². The smallest absolute Gasteiger partial charge is 0.169 e. The third-order valence-electron chi connectivity index (χ3n) is 3.92. The van der Waals surface area contributed by atoms with Crippen LogP contribution in [0.5, 0.6) is 0 Å². The van der Waals surface area contributed by atoms with Gasteiger partial charge in [-0.1, -0.05) is 0 Å². The van der Waals surface area contributed by atoms with Crippen molar-refractivity contribution in [1.82, 2.24) is 10.3 Å². The molecule has 2 atom stereocenters. The molecule has 1 saturated carbocycles. The van der Waals surface area contributed by atoms with Crippen LogP contribution in [-0.2, 0) is 9.47 Å². The van der Waals surface area contributed by atoms with E-state index in [1.54, 1.807) is 0 Å². The highest BCUT2D eigenvalue weighted by Gasteiger charge is 2.45. The Morgan fingerprint density at radius 3 is 2.74 bits per heavy atom. The maximum atomic E-state index is 5.87. The van der Waals surface area contributed by atoms with Crippen LogP contribution in [0.4, 0.5) is 0 Å². The summed E-state index contributed by atoms with van der Waals surface area (Å²) in [6.45, 7) is 1.47. The Balaban J connectivity index is 1.72. The lowest BCUT2D eigenvalue weighted by molar-refractivity contribution is -0.177. The third kappa shape index (κ3) is 2.94. The molecule has 1 aliphatic heterocycles. The number of aromatic nitrogens is 1. The average Bonchev–Trinajstić information content (AvgIpc) is 2.88. The molecular weight excluding hydrogens is 260 g/mol. The molecule has 1 saturated heterocycles. The van der Waals surface area contributed by atoms with Gasteiger partial charge in [0.1, 0.15) is 0 Å². The van der Waals surface area contributed by atoms with E-state index >= 15 is 0 Å². The summed E-state index contributed by atoms with van der Waals surface area (Å²) in [5, 5.41) is 3.90. The molecular formula is C14H20N2O2S. The van der Waals surface area contributed by atoms with E-state index in [1.807, 2.05) is 31.2 Å². The highest BCUT2D eigenvalue weighted by atomic mass is 32.2. The van der Waals surface area contributed by atoms with Crippen LogP contribution in [0, 0.1) is 0 Å². The van der Waals surface area contributed by atoms with E-state index in [2.05, 4.69) is 22.4 Å². The van der Waals surface area contributed by atoms with Gasteiger partial charge in [0.15, 0.2) is 5.79 Å². The van der Waals surface area contributed by atoms with Crippen LogP contribution in [0.2, 0.25) is 0 Å². The molecule has 1 N–H and O–H groups in total. The lowest BCUT2D eigenvalue weighted by Gasteiger charge is -2.40. The molecule has 0 radical (unpaired) electrons. The first-order chi connectivity index (χ1) is 9.31. The molecule has 19 heavy (non-hydrogen) atoms. The quantitative estimate of drug-likeness (QED) is 0.918. The highest BCUT2D eigenvalue weighted by molar-refractivity contribution is 8.00. The fraction of sp³-hybridized carbons (Fsp3) is 0.643. The van der Waals surface area contributed by atoms with Crippen LogP contribution in [-0.4, -0.2) is 42.3 Å². The van der Waals surface area contributed by atoms with Crippen molar-refractivity contribution in [1.29, 1.82) is 0 Å². The summed E-state index contributed by atoms with van der Waals surface area (Å²) in [5.41, 5.74) is 0. The predicted octanol–water partition coefficient (Wildman–Crippen LogP) is 2.06. The van der Waals surface area contributed by atoms with Crippen LogP contribution < -0.4 is 5.32 Å². The summed E-state index contributed by atoms with van der Waals surface area (Å²) in [5.74, 6) is -0.321. The molecule has 104 valence electrons. The van der Waals surface area contributed by atoms with Crippen molar-refractivity contribution in [2.75, 3.05) is 20.3 Å². The van der Waals surface area contributed by atoms with Crippen LogP contribution in [0.15, 0.2) is 29.4 Å². The summed E-state index contributed by atoms with van der Waals surface area (Å²) in [6, 6.07) is 4.64. The van der Waals surface area contributed by atoms with E-state index in [9.17, 15) is 0 Å². The summed E-state index contributed by atoms with van der Waals surface area (Å²) in [6.07, 6.45) is 6.73. The summed E-state index contributed by atoms with van der Waals surface area (Å²) < 4.78 is 11.7. The molecule has 1 spiro atoms. The third-order valence-corrected chi connectivity index (χ3v) is 5.26. The Labute approximate surface area is 118 Å². The number of rotatable bonds is 3. The van der Waals surface area contributed by atoms with Crippen molar-refractivity contribution < 1.29 is 9.47 Å². The standard InChI is InChI=1S/C14H20N2O2S/c1-15-12-2-5-14(17-8-9-18-14)10-13(12)19-11-3-6-16-7-4-11/h3-4,6-7,12-13,15H,2,5,8-10H2,1H3. The number of hydrogen-bond donors (Lipinski definition) is 1. The largest absolute Gasteiger partial charge is 0.347 e. The van der Waals surface area contributed by atoms with E-state index in [1.165, 1.54) is 4.90 Å². The van der Waals surface area contributed by atoms with Gasteiger partial charge >= 0.3 is 0 Å². The van der Waals surface area contributed by atoms with E-state index in [0.717, 1.165) is 32.5 Å². The van der Waals surface area contributed by atoms with Crippen molar-refractivity contribution in [3.63, 3.8) is 0 Å². The van der Waals surface area contributed by atoms with Crippen molar-refractivity contribution in [2.24, 2.45) is 0 Å². The predicted molar refractivity (Wildman–Crippen MR) is 75.2 cm³/mol. The minimum atomic E-state index is -0.321. The first kappa shape index (κ1) is 13.4. The van der Waals surface area contributed by atoms with E-state index in [4.69, 9.17) is 9.47 Å². The average molecular weight is 280 g/mol. The number of nitrogens with zero attached hydrogens (tertiary/aromatic N) is 1. The SMILES string of the molecule is CNC1CCC2(CC1Sc1ccncc1)OCCO2. The summed E-state index contributed by atoms with van der Waals surface area (Å²) in [4.78, 5) is 5.33. The second kappa shape index (κ2) is 5.79. The monoisotopic (exact) mass is 280 g/mol. The van der Waals surface area contributed by atoms with Crippen LogP contribution in [0.3, 0.4) is 0 Å². The molecule has 2 fully saturated rings. The molecule has 4 nitrogen and oxygen atoms in total. The van der Waals surface area contributed by atoms with Gasteiger partial charge < -0.3 is 14.8 Å².